The molecule has 1 atom stereocenters. The topological polar surface area (TPSA) is 44.8 Å². The first kappa shape index (κ1) is 25.5. The van der Waals surface area contributed by atoms with Gasteiger partial charge in [0, 0.05) is 0 Å². The summed E-state index contributed by atoms with van der Waals surface area (Å²) in [5.41, 5.74) is 0. The van der Waals surface area contributed by atoms with Gasteiger partial charge in [-0.05, 0) is 43.1 Å². The van der Waals surface area contributed by atoms with E-state index in [0.717, 1.165) is 10.4 Å². The number of hydrogen-bond acceptors (Lipinski definition) is 4. The summed E-state index contributed by atoms with van der Waals surface area (Å²) in [6, 6.07) is 20.7. The third kappa shape index (κ3) is 6.59. The van der Waals surface area contributed by atoms with Gasteiger partial charge in [-0.2, -0.15) is 0 Å². The number of ketones is 1. The molecule has 0 aliphatic carbocycles. The summed E-state index contributed by atoms with van der Waals surface area (Å²) in [5.74, 6) is -0.0812. The van der Waals surface area contributed by atoms with Gasteiger partial charge in [0.1, 0.15) is 6.10 Å². The largest absolute Gasteiger partial charge is 0.400 e. The average Bonchev–Trinajstić information content (AvgIpc) is 2.71. The maximum Gasteiger partial charge on any atom is 0.261 e. The Bertz CT molecular complexity index is 758. The van der Waals surface area contributed by atoms with Crippen LogP contribution in [0.25, 0.3) is 0 Å². The number of carbonyl (C=O) groups is 1. The normalized spacial score (nSPS) is 13.6. The highest BCUT2D eigenvalue weighted by atomic mass is 28.4. The predicted octanol–water partition coefficient (Wildman–Crippen LogP) is 4.35. The summed E-state index contributed by atoms with van der Waals surface area (Å²) in [5, 5.41) is 2.13. The fourth-order valence-electron chi connectivity index (χ4n) is 3.85. The molecule has 2 aromatic rings. The minimum atomic E-state index is -2.76. The zero-order valence-electron chi connectivity index (χ0n) is 20.1. The number of rotatable bonds is 11. The van der Waals surface area contributed by atoms with Crippen LogP contribution in [-0.2, 0) is 18.7 Å². The number of carbonyl (C=O) groups excluding carboxylic acids is 1. The molecule has 0 heterocycles. The van der Waals surface area contributed by atoms with Gasteiger partial charge in [0.05, 0.1) is 25.4 Å². The van der Waals surface area contributed by atoms with Gasteiger partial charge in [-0.1, -0.05) is 81.4 Å². The van der Waals surface area contributed by atoms with Crippen molar-refractivity contribution in [1.82, 2.24) is 0 Å². The van der Waals surface area contributed by atoms with Crippen LogP contribution in [0, 0.1) is 0 Å². The zero-order chi connectivity index (χ0) is 23.1. The first-order valence-corrected chi connectivity index (χ1v) is 13.0. The maximum atomic E-state index is 13.2. The van der Waals surface area contributed by atoms with Gasteiger partial charge >= 0.3 is 0 Å². The smallest absolute Gasteiger partial charge is 0.261 e. The molecule has 2 rings (SSSR count). The second kappa shape index (κ2) is 11.2. The van der Waals surface area contributed by atoms with E-state index in [1.807, 2.05) is 64.1 Å². The number of Topliss-reactive ketones (excluding diaryl/α,β-unsaturated/α-hetero) is 1. The number of benzene rings is 2. The molecule has 2 aromatic carbocycles. The van der Waals surface area contributed by atoms with Gasteiger partial charge in [-0.3, -0.25) is 4.79 Å². The van der Waals surface area contributed by atoms with E-state index in [0.29, 0.717) is 0 Å². The van der Waals surface area contributed by atoms with Gasteiger partial charge in [0.2, 0.25) is 0 Å². The van der Waals surface area contributed by atoms with E-state index in [9.17, 15) is 4.79 Å². The van der Waals surface area contributed by atoms with Gasteiger partial charge in [0.25, 0.3) is 8.32 Å². The van der Waals surface area contributed by atoms with Gasteiger partial charge < -0.3 is 13.9 Å². The highest BCUT2D eigenvalue weighted by molar-refractivity contribution is 6.99. The Labute approximate surface area is 189 Å². The third-order valence-electron chi connectivity index (χ3n) is 5.22. The maximum absolute atomic E-state index is 13.2. The van der Waals surface area contributed by atoms with E-state index >= 15 is 0 Å². The molecule has 0 fully saturated rings. The van der Waals surface area contributed by atoms with Crippen molar-refractivity contribution >= 4 is 24.5 Å². The van der Waals surface area contributed by atoms with Gasteiger partial charge in [0.15, 0.2) is 5.78 Å². The second-order valence-corrected chi connectivity index (χ2v) is 13.8. The van der Waals surface area contributed by atoms with Crippen LogP contribution in [0.2, 0.25) is 5.04 Å². The monoisotopic (exact) mass is 442 g/mol. The summed E-state index contributed by atoms with van der Waals surface area (Å²) in [6.07, 6.45) is -0.679. The van der Waals surface area contributed by atoms with Crippen LogP contribution in [0.5, 0.6) is 0 Å². The summed E-state index contributed by atoms with van der Waals surface area (Å²) < 4.78 is 18.3. The van der Waals surface area contributed by atoms with Crippen LogP contribution >= 0.6 is 0 Å². The van der Waals surface area contributed by atoms with Crippen LogP contribution in [0.1, 0.15) is 48.5 Å². The van der Waals surface area contributed by atoms with E-state index in [4.69, 9.17) is 13.9 Å². The fourth-order valence-corrected chi connectivity index (χ4v) is 8.36. The Morgan fingerprint density at radius 2 is 1.32 bits per heavy atom. The minimum absolute atomic E-state index is 0.00781. The first-order valence-electron chi connectivity index (χ1n) is 11.1. The van der Waals surface area contributed by atoms with Crippen LogP contribution < -0.4 is 10.4 Å². The Morgan fingerprint density at radius 1 is 0.839 bits per heavy atom. The van der Waals surface area contributed by atoms with Crippen molar-refractivity contribution in [2.75, 3.05) is 13.2 Å². The Balaban J connectivity index is 2.40. The van der Waals surface area contributed by atoms with Crippen molar-refractivity contribution in [2.45, 2.75) is 71.8 Å². The lowest BCUT2D eigenvalue weighted by molar-refractivity contribution is -0.142. The Morgan fingerprint density at radius 3 is 1.71 bits per heavy atom. The first-order chi connectivity index (χ1) is 14.6. The number of ether oxygens (including phenoxy) is 2. The molecule has 0 radical (unpaired) electrons. The van der Waals surface area contributed by atoms with E-state index in [-0.39, 0.29) is 36.2 Å². The van der Waals surface area contributed by atoms with Crippen molar-refractivity contribution in [3.63, 3.8) is 0 Å². The fraction of sp³-hybridized carbons (Fsp3) is 0.500. The molecule has 0 spiro atoms. The molecule has 0 unspecified atom stereocenters. The summed E-state index contributed by atoms with van der Waals surface area (Å²) >= 11 is 0. The molecule has 0 aliphatic rings. The Hall–Kier alpha value is -1.79. The lowest BCUT2D eigenvalue weighted by Crippen LogP contribution is -2.67. The average molecular weight is 443 g/mol. The highest BCUT2D eigenvalue weighted by Crippen LogP contribution is 2.36. The summed E-state index contributed by atoms with van der Waals surface area (Å²) in [6.45, 7) is 14.6. The Kier molecular flexibility index (Phi) is 9.19. The van der Waals surface area contributed by atoms with Crippen LogP contribution in [0.4, 0.5) is 0 Å². The quantitative estimate of drug-likeness (QED) is 0.485. The van der Waals surface area contributed by atoms with E-state index in [1.165, 1.54) is 0 Å². The predicted molar refractivity (Wildman–Crippen MR) is 130 cm³/mol. The molecule has 0 bridgehead atoms. The van der Waals surface area contributed by atoms with Crippen molar-refractivity contribution < 1.29 is 18.7 Å². The van der Waals surface area contributed by atoms with E-state index in [1.54, 1.807) is 0 Å². The van der Waals surface area contributed by atoms with Gasteiger partial charge in [-0.25, -0.2) is 0 Å². The van der Waals surface area contributed by atoms with Crippen molar-refractivity contribution in [3.8, 4) is 0 Å². The molecule has 4 nitrogen and oxygen atoms in total. The lowest BCUT2D eigenvalue weighted by atomic mass is 10.2. The van der Waals surface area contributed by atoms with Crippen LogP contribution in [0.15, 0.2) is 60.7 Å². The molecule has 0 saturated heterocycles. The van der Waals surface area contributed by atoms with Crippen LogP contribution in [0.3, 0.4) is 0 Å². The molecule has 0 aromatic heterocycles. The molecule has 170 valence electrons. The molecule has 0 amide bonds. The SMILES string of the molecule is CC(C)OC[C@H](OC(C)C)C(=O)CO[Si](c1ccccc1)(c1ccccc1)C(C)(C)C. The molecule has 5 heteroatoms. The summed E-state index contributed by atoms with van der Waals surface area (Å²) in [7, 11) is -2.76. The van der Waals surface area contributed by atoms with Crippen LogP contribution in [-0.4, -0.2) is 45.6 Å². The lowest BCUT2D eigenvalue weighted by Gasteiger charge is -2.43. The van der Waals surface area contributed by atoms with Crippen molar-refractivity contribution in [3.05, 3.63) is 60.7 Å². The number of hydrogen-bond donors (Lipinski definition) is 0. The molecule has 0 aliphatic heterocycles. The zero-order valence-corrected chi connectivity index (χ0v) is 21.1. The molecular weight excluding hydrogens is 404 g/mol. The van der Waals surface area contributed by atoms with Crippen molar-refractivity contribution in [2.24, 2.45) is 0 Å². The van der Waals surface area contributed by atoms with E-state index < -0.39 is 14.4 Å². The molecule has 31 heavy (non-hydrogen) atoms. The summed E-state index contributed by atoms with van der Waals surface area (Å²) in [4.78, 5) is 13.2. The molecular formula is C26H38O4Si. The van der Waals surface area contributed by atoms with Gasteiger partial charge in [-0.15, -0.1) is 0 Å². The molecule has 0 saturated carbocycles. The highest BCUT2D eigenvalue weighted by Gasteiger charge is 2.50. The second-order valence-electron chi connectivity index (χ2n) is 9.47. The van der Waals surface area contributed by atoms with Crippen molar-refractivity contribution in [1.29, 1.82) is 0 Å². The minimum Gasteiger partial charge on any atom is -0.400 e. The molecule has 0 N–H and O–H groups in total. The third-order valence-corrected chi connectivity index (χ3v) is 10.2. The van der Waals surface area contributed by atoms with E-state index in [2.05, 4.69) is 45.0 Å². The standard InChI is InChI=1S/C26H38O4Si/c1-20(2)28-19-25(30-21(3)4)24(27)18-29-31(26(5,6)7,22-14-10-8-11-15-22)23-16-12-9-13-17-23/h8-17,20-21,25H,18-19H2,1-7H3/t25-/m0/s1.